The summed E-state index contributed by atoms with van der Waals surface area (Å²) in [7, 11) is 0. The fourth-order valence-corrected chi connectivity index (χ4v) is 3.51. The Hall–Kier alpha value is -0.870. The maximum Gasteiger partial charge on any atom is 0.234 e. The highest BCUT2D eigenvalue weighted by atomic mass is 79.9. The average Bonchev–Trinajstić information content (AvgIpc) is 2.37. The van der Waals surface area contributed by atoms with Crippen molar-refractivity contribution >= 4 is 21.8 Å². The Labute approximate surface area is 136 Å². The van der Waals surface area contributed by atoms with Crippen molar-refractivity contribution in [3.63, 3.8) is 0 Å². The van der Waals surface area contributed by atoms with Crippen LogP contribution in [0.4, 0.5) is 0 Å². The molecule has 0 saturated carbocycles. The van der Waals surface area contributed by atoms with Crippen molar-refractivity contribution in [3.8, 4) is 0 Å². The number of hydrogen-bond acceptors (Lipinski definition) is 2. The van der Waals surface area contributed by atoms with Crippen molar-refractivity contribution in [1.82, 2.24) is 10.2 Å². The van der Waals surface area contributed by atoms with E-state index in [0.29, 0.717) is 18.4 Å². The summed E-state index contributed by atoms with van der Waals surface area (Å²) in [6.07, 6.45) is 1.27. The number of nitrogens with one attached hydrogen (secondary N) is 1. The van der Waals surface area contributed by atoms with E-state index in [0.717, 1.165) is 23.1 Å². The van der Waals surface area contributed by atoms with E-state index in [2.05, 4.69) is 40.0 Å². The number of nitrogens with zero attached hydrogens (tertiary/aromatic N) is 1. The quantitative estimate of drug-likeness (QED) is 0.897. The largest absolute Gasteiger partial charge is 0.348 e. The lowest BCUT2D eigenvalue weighted by Crippen LogP contribution is -2.44. The van der Waals surface area contributed by atoms with Gasteiger partial charge in [-0.2, -0.15) is 0 Å². The molecule has 0 spiro atoms. The second-order valence-electron chi connectivity index (χ2n) is 6.48. The van der Waals surface area contributed by atoms with Gasteiger partial charge in [-0.15, -0.1) is 0 Å². The summed E-state index contributed by atoms with van der Waals surface area (Å²) in [6, 6.07) is 8.14. The van der Waals surface area contributed by atoms with Crippen LogP contribution in [0.5, 0.6) is 0 Å². The molecule has 1 N–H and O–H groups in total. The number of amides is 1. The molecule has 1 aromatic rings. The normalized spacial score (nSPS) is 24.6. The van der Waals surface area contributed by atoms with E-state index in [4.69, 9.17) is 0 Å². The van der Waals surface area contributed by atoms with Gasteiger partial charge in [-0.25, -0.2) is 0 Å². The van der Waals surface area contributed by atoms with Gasteiger partial charge in [0.1, 0.15) is 0 Å². The standard InChI is InChI=1S/C17H25BrN2O/c1-12-8-13(2)10-20(9-12)11-17(21)19-14(3)15-4-6-16(18)7-5-15/h4-7,12-14H,8-11H2,1-3H3,(H,19,21). The van der Waals surface area contributed by atoms with E-state index in [9.17, 15) is 4.79 Å². The monoisotopic (exact) mass is 352 g/mol. The Balaban J connectivity index is 1.85. The molecule has 0 radical (unpaired) electrons. The number of carbonyl (C=O) groups excluding carboxylic acids is 1. The van der Waals surface area contributed by atoms with Crippen LogP contribution in [0.2, 0.25) is 0 Å². The van der Waals surface area contributed by atoms with Crippen molar-refractivity contribution in [3.05, 3.63) is 34.3 Å². The number of benzene rings is 1. The minimum atomic E-state index is 0.0465. The highest BCUT2D eigenvalue weighted by Gasteiger charge is 2.23. The van der Waals surface area contributed by atoms with Crippen LogP contribution in [0.1, 0.15) is 38.8 Å². The maximum absolute atomic E-state index is 12.2. The van der Waals surface area contributed by atoms with Crippen molar-refractivity contribution in [2.75, 3.05) is 19.6 Å². The van der Waals surface area contributed by atoms with Gasteiger partial charge in [-0.05, 0) is 42.9 Å². The third-order valence-corrected chi connectivity index (χ3v) is 4.59. The first-order chi connectivity index (χ1) is 9.94. The highest BCUT2D eigenvalue weighted by Crippen LogP contribution is 2.21. The number of piperidine rings is 1. The first kappa shape index (κ1) is 16.5. The Bertz CT molecular complexity index is 464. The van der Waals surface area contributed by atoms with Crippen LogP contribution in [0.3, 0.4) is 0 Å². The SMILES string of the molecule is CC1CC(C)CN(CC(=O)NC(C)c2ccc(Br)cc2)C1. The second kappa shape index (κ2) is 7.41. The van der Waals surface area contributed by atoms with Crippen LogP contribution < -0.4 is 5.32 Å². The Morgan fingerprint density at radius 2 is 1.86 bits per heavy atom. The average molecular weight is 353 g/mol. The van der Waals surface area contributed by atoms with Gasteiger partial charge in [0.2, 0.25) is 5.91 Å². The summed E-state index contributed by atoms with van der Waals surface area (Å²) in [5, 5.41) is 3.10. The molecule has 0 aromatic heterocycles. The lowest BCUT2D eigenvalue weighted by Gasteiger charge is -2.34. The molecule has 1 fully saturated rings. The van der Waals surface area contributed by atoms with Crippen molar-refractivity contribution < 1.29 is 4.79 Å². The molecule has 1 amide bonds. The van der Waals surface area contributed by atoms with Crippen LogP contribution in [0.25, 0.3) is 0 Å². The van der Waals surface area contributed by atoms with E-state index < -0.39 is 0 Å². The Morgan fingerprint density at radius 1 is 1.29 bits per heavy atom. The molecule has 0 bridgehead atoms. The molecular weight excluding hydrogens is 328 g/mol. The molecule has 2 rings (SSSR count). The summed E-state index contributed by atoms with van der Waals surface area (Å²) >= 11 is 3.43. The summed E-state index contributed by atoms with van der Waals surface area (Å²) in [5.74, 6) is 1.49. The fraction of sp³-hybridized carbons (Fsp3) is 0.588. The lowest BCUT2D eigenvalue weighted by atomic mass is 9.92. The zero-order valence-corrected chi connectivity index (χ0v) is 14.7. The van der Waals surface area contributed by atoms with Gasteiger partial charge < -0.3 is 5.32 Å². The molecule has 3 atom stereocenters. The van der Waals surface area contributed by atoms with E-state index in [1.165, 1.54) is 6.42 Å². The molecule has 3 unspecified atom stereocenters. The van der Waals surface area contributed by atoms with Crippen LogP contribution >= 0.6 is 15.9 Å². The fourth-order valence-electron chi connectivity index (χ4n) is 3.25. The molecule has 1 heterocycles. The van der Waals surface area contributed by atoms with Gasteiger partial charge >= 0.3 is 0 Å². The second-order valence-corrected chi connectivity index (χ2v) is 7.40. The zero-order valence-electron chi connectivity index (χ0n) is 13.1. The molecule has 1 saturated heterocycles. The topological polar surface area (TPSA) is 32.3 Å². The molecule has 116 valence electrons. The first-order valence-corrected chi connectivity index (χ1v) is 8.50. The minimum Gasteiger partial charge on any atom is -0.348 e. The molecule has 1 aromatic carbocycles. The first-order valence-electron chi connectivity index (χ1n) is 7.71. The maximum atomic E-state index is 12.2. The molecule has 4 heteroatoms. The molecular formula is C17H25BrN2O. The van der Waals surface area contributed by atoms with Gasteiger partial charge in [0, 0.05) is 17.6 Å². The molecule has 3 nitrogen and oxygen atoms in total. The Kier molecular flexibility index (Phi) is 5.82. The smallest absolute Gasteiger partial charge is 0.234 e. The summed E-state index contributed by atoms with van der Waals surface area (Å²) in [5.41, 5.74) is 1.13. The van der Waals surface area contributed by atoms with Gasteiger partial charge in [0.05, 0.1) is 12.6 Å². The zero-order chi connectivity index (χ0) is 15.4. The summed E-state index contributed by atoms with van der Waals surface area (Å²) < 4.78 is 1.06. The molecule has 0 aliphatic carbocycles. The number of halogens is 1. The lowest BCUT2D eigenvalue weighted by molar-refractivity contribution is -0.123. The van der Waals surface area contributed by atoms with Crippen molar-refractivity contribution in [2.45, 2.75) is 33.2 Å². The van der Waals surface area contributed by atoms with Gasteiger partial charge in [-0.1, -0.05) is 41.9 Å². The van der Waals surface area contributed by atoms with E-state index in [1.54, 1.807) is 0 Å². The number of likely N-dealkylation sites (tertiary alicyclic amines) is 1. The van der Waals surface area contributed by atoms with Crippen molar-refractivity contribution in [1.29, 1.82) is 0 Å². The van der Waals surface area contributed by atoms with Crippen LogP contribution in [-0.4, -0.2) is 30.4 Å². The highest BCUT2D eigenvalue weighted by molar-refractivity contribution is 9.10. The summed E-state index contributed by atoms with van der Waals surface area (Å²) in [6.45, 7) is 9.14. The van der Waals surface area contributed by atoms with E-state index in [1.807, 2.05) is 31.2 Å². The Morgan fingerprint density at radius 3 is 2.43 bits per heavy atom. The third kappa shape index (κ3) is 5.11. The van der Waals surface area contributed by atoms with Gasteiger partial charge in [-0.3, -0.25) is 9.69 Å². The predicted octanol–water partition coefficient (Wildman–Crippen LogP) is 3.60. The molecule has 21 heavy (non-hydrogen) atoms. The van der Waals surface area contributed by atoms with E-state index in [-0.39, 0.29) is 11.9 Å². The van der Waals surface area contributed by atoms with Crippen LogP contribution in [0, 0.1) is 11.8 Å². The van der Waals surface area contributed by atoms with Crippen molar-refractivity contribution in [2.24, 2.45) is 11.8 Å². The molecule has 1 aliphatic heterocycles. The third-order valence-electron chi connectivity index (χ3n) is 4.06. The van der Waals surface area contributed by atoms with Gasteiger partial charge in [0.25, 0.3) is 0 Å². The van der Waals surface area contributed by atoms with Crippen LogP contribution in [-0.2, 0) is 4.79 Å². The number of rotatable bonds is 4. The summed E-state index contributed by atoms with van der Waals surface area (Å²) in [4.78, 5) is 14.5. The number of hydrogen-bond donors (Lipinski definition) is 1. The minimum absolute atomic E-state index is 0.0465. The predicted molar refractivity (Wildman–Crippen MR) is 90.1 cm³/mol. The van der Waals surface area contributed by atoms with E-state index >= 15 is 0 Å². The molecule has 1 aliphatic rings. The van der Waals surface area contributed by atoms with Gasteiger partial charge in [0.15, 0.2) is 0 Å². The van der Waals surface area contributed by atoms with Crippen LogP contribution in [0.15, 0.2) is 28.7 Å². The number of carbonyl (C=O) groups is 1.